The van der Waals surface area contributed by atoms with Crippen LogP contribution in [0.25, 0.3) is 5.70 Å². The maximum Gasteiger partial charge on any atom is 0.178 e. The highest BCUT2D eigenvalue weighted by molar-refractivity contribution is 5.58. The van der Waals surface area contributed by atoms with Gasteiger partial charge in [-0.15, -0.1) is 0 Å². The highest BCUT2D eigenvalue weighted by Gasteiger charge is 2.28. The summed E-state index contributed by atoms with van der Waals surface area (Å²) in [6, 6.07) is 4.72. The minimum atomic E-state index is 0.649. The summed E-state index contributed by atoms with van der Waals surface area (Å²) < 4.78 is 2.29. The molecule has 0 amide bonds. The Morgan fingerprint density at radius 3 is 2.93 bits per heavy atom. The second kappa shape index (κ2) is 4.05. The van der Waals surface area contributed by atoms with E-state index in [1.54, 1.807) is 0 Å². The molecular formula is C13H19N2+. The van der Waals surface area contributed by atoms with Gasteiger partial charge in [-0.1, -0.05) is 13.5 Å². The van der Waals surface area contributed by atoms with Crippen molar-refractivity contribution in [2.75, 3.05) is 0 Å². The van der Waals surface area contributed by atoms with Crippen LogP contribution in [0.15, 0.2) is 31.1 Å². The highest BCUT2D eigenvalue weighted by atomic mass is 15.0. The molecule has 1 aliphatic carbocycles. The Hall–Kier alpha value is -1.31. The molecule has 2 heteroatoms. The molecule has 0 radical (unpaired) electrons. The average Bonchev–Trinajstić information content (AvgIpc) is 2.65. The molecule has 1 aromatic heterocycles. The zero-order chi connectivity index (χ0) is 10.8. The molecule has 1 heterocycles. The van der Waals surface area contributed by atoms with Gasteiger partial charge in [0.15, 0.2) is 18.4 Å². The first-order valence-electron chi connectivity index (χ1n) is 5.62. The number of aromatic nitrogens is 1. The van der Waals surface area contributed by atoms with E-state index in [0.717, 1.165) is 11.5 Å². The van der Waals surface area contributed by atoms with Crippen LogP contribution in [0, 0.1) is 5.92 Å². The van der Waals surface area contributed by atoms with Gasteiger partial charge >= 0.3 is 0 Å². The van der Waals surface area contributed by atoms with Crippen molar-refractivity contribution in [3.05, 3.63) is 36.7 Å². The molecule has 1 fully saturated rings. The van der Waals surface area contributed by atoms with E-state index in [2.05, 4.69) is 36.5 Å². The lowest BCUT2D eigenvalue weighted by atomic mass is 10.1. The van der Waals surface area contributed by atoms with Gasteiger partial charge in [0.05, 0.1) is 5.56 Å². The second-order valence-corrected chi connectivity index (χ2v) is 4.64. The highest BCUT2D eigenvalue weighted by Crippen LogP contribution is 2.30. The predicted octanol–water partition coefficient (Wildman–Crippen LogP) is 2.26. The Kier molecular flexibility index (Phi) is 2.76. The Morgan fingerprint density at radius 1 is 1.53 bits per heavy atom. The fourth-order valence-electron chi connectivity index (χ4n) is 2.36. The van der Waals surface area contributed by atoms with Crippen molar-refractivity contribution in [2.24, 2.45) is 11.7 Å². The summed E-state index contributed by atoms with van der Waals surface area (Å²) in [7, 11) is 0. The van der Waals surface area contributed by atoms with E-state index in [9.17, 15) is 0 Å². The van der Waals surface area contributed by atoms with Gasteiger partial charge in [0.1, 0.15) is 0 Å². The molecule has 0 aliphatic heterocycles. The lowest BCUT2D eigenvalue weighted by Gasteiger charge is -2.06. The Bertz CT molecular complexity index is 371. The Labute approximate surface area is 91.4 Å². The van der Waals surface area contributed by atoms with Crippen LogP contribution in [0.1, 0.15) is 37.8 Å². The lowest BCUT2D eigenvalue weighted by Crippen LogP contribution is -2.37. The molecule has 2 N–H and O–H groups in total. The normalized spacial score (nSPS) is 25.4. The summed E-state index contributed by atoms with van der Waals surface area (Å²) >= 11 is 0. The zero-order valence-electron chi connectivity index (χ0n) is 9.32. The first-order chi connectivity index (χ1) is 7.16. The van der Waals surface area contributed by atoms with Gasteiger partial charge in [0.25, 0.3) is 0 Å². The van der Waals surface area contributed by atoms with Crippen molar-refractivity contribution in [2.45, 2.75) is 32.2 Å². The smallest absolute Gasteiger partial charge is 0.178 e. The zero-order valence-corrected chi connectivity index (χ0v) is 9.32. The molecule has 1 aliphatic rings. The van der Waals surface area contributed by atoms with E-state index >= 15 is 0 Å². The summed E-state index contributed by atoms with van der Waals surface area (Å²) in [5, 5.41) is 0. The third-order valence-electron chi connectivity index (χ3n) is 3.28. The molecule has 15 heavy (non-hydrogen) atoms. The van der Waals surface area contributed by atoms with Crippen LogP contribution in [0.5, 0.6) is 0 Å². The number of nitrogens with two attached hydrogens (primary N) is 1. The molecule has 0 spiro atoms. The van der Waals surface area contributed by atoms with Crippen molar-refractivity contribution >= 4 is 5.70 Å². The molecule has 2 rings (SSSR count). The van der Waals surface area contributed by atoms with Crippen LogP contribution in [-0.4, -0.2) is 0 Å². The first kappa shape index (κ1) is 10.2. The van der Waals surface area contributed by atoms with E-state index in [-0.39, 0.29) is 0 Å². The van der Waals surface area contributed by atoms with E-state index in [0.29, 0.717) is 11.7 Å². The van der Waals surface area contributed by atoms with Crippen LogP contribution in [0.4, 0.5) is 0 Å². The topological polar surface area (TPSA) is 29.9 Å². The number of hydrogen-bond acceptors (Lipinski definition) is 1. The number of rotatable bonds is 2. The summed E-state index contributed by atoms with van der Waals surface area (Å²) in [6.45, 7) is 6.10. The van der Waals surface area contributed by atoms with Crippen molar-refractivity contribution in [1.29, 1.82) is 0 Å². The minimum absolute atomic E-state index is 0.649. The monoisotopic (exact) mass is 203 g/mol. The van der Waals surface area contributed by atoms with Crippen molar-refractivity contribution < 1.29 is 4.57 Å². The summed E-state index contributed by atoms with van der Waals surface area (Å²) in [4.78, 5) is 0. The first-order valence-corrected chi connectivity index (χ1v) is 5.62. The largest absolute Gasteiger partial charge is 0.399 e. The molecule has 1 aromatic rings. The van der Waals surface area contributed by atoms with Crippen molar-refractivity contribution in [3.8, 4) is 0 Å². The summed E-state index contributed by atoms with van der Waals surface area (Å²) in [6.07, 6.45) is 8.16. The quantitative estimate of drug-likeness (QED) is 0.734. The SMILES string of the molecule is C=C(N)c1ccc[n+](C2CCC(C)C2)c1. The third-order valence-corrected chi connectivity index (χ3v) is 3.28. The molecule has 0 aromatic carbocycles. The molecular weight excluding hydrogens is 184 g/mol. The summed E-state index contributed by atoms with van der Waals surface area (Å²) in [5.41, 5.74) is 7.39. The Morgan fingerprint density at radius 2 is 2.33 bits per heavy atom. The van der Waals surface area contributed by atoms with Gasteiger partial charge in [-0.25, -0.2) is 4.57 Å². The third kappa shape index (κ3) is 2.20. The fraction of sp³-hybridized carbons (Fsp3) is 0.462. The molecule has 2 atom stereocenters. The lowest BCUT2D eigenvalue weighted by molar-refractivity contribution is -0.722. The van der Waals surface area contributed by atoms with Crippen LogP contribution >= 0.6 is 0 Å². The number of nitrogens with zero attached hydrogens (tertiary/aromatic N) is 1. The molecule has 0 bridgehead atoms. The van der Waals surface area contributed by atoms with E-state index in [4.69, 9.17) is 5.73 Å². The predicted molar refractivity (Wildman–Crippen MR) is 61.9 cm³/mol. The molecule has 1 saturated carbocycles. The van der Waals surface area contributed by atoms with E-state index < -0.39 is 0 Å². The van der Waals surface area contributed by atoms with Crippen molar-refractivity contribution in [3.63, 3.8) is 0 Å². The van der Waals surface area contributed by atoms with Gasteiger partial charge in [0, 0.05) is 24.6 Å². The maximum absolute atomic E-state index is 5.70. The van der Waals surface area contributed by atoms with Crippen LogP contribution in [0.2, 0.25) is 0 Å². The summed E-state index contributed by atoms with van der Waals surface area (Å²) in [5.74, 6) is 0.854. The number of pyridine rings is 1. The van der Waals surface area contributed by atoms with Crippen LogP contribution in [-0.2, 0) is 0 Å². The molecule has 2 nitrogen and oxygen atoms in total. The van der Waals surface area contributed by atoms with Crippen LogP contribution in [0.3, 0.4) is 0 Å². The average molecular weight is 203 g/mol. The van der Waals surface area contributed by atoms with Gasteiger partial charge in [0.2, 0.25) is 0 Å². The fourth-order valence-corrected chi connectivity index (χ4v) is 2.36. The maximum atomic E-state index is 5.70. The molecule has 2 unspecified atom stereocenters. The molecule has 80 valence electrons. The van der Waals surface area contributed by atoms with Crippen molar-refractivity contribution in [1.82, 2.24) is 0 Å². The van der Waals surface area contributed by atoms with Crippen LogP contribution < -0.4 is 10.3 Å². The standard InChI is InChI=1S/C13H19N2/c1-10-5-6-13(8-10)15-7-3-4-12(9-15)11(2)14/h3-4,7,9-10,13H,2,5-6,8,14H2,1H3/q+1. The van der Waals surface area contributed by atoms with E-state index in [1.165, 1.54) is 19.3 Å². The van der Waals surface area contributed by atoms with Gasteiger partial charge < -0.3 is 5.73 Å². The molecule has 0 saturated heterocycles. The minimum Gasteiger partial charge on any atom is -0.399 e. The second-order valence-electron chi connectivity index (χ2n) is 4.64. The van der Waals surface area contributed by atoms with Gasteiger partial charge in [-0.3, -0.25) is 0 Å². The van der Waals surface area contributed by atoms with E-state index in [1.807, 2.05) is 6.07 Å². The van der Waals surface area contributed by atoms with Gasteiger partial charge in [-0.2, -0.15) is 0 Å². The number of hydrogen-bond donors (Lipinski definition) is 1. The Balaban J connectivity index is 2.21. The van der Waals surface area contributed by atoms with Gasteiger partial charge in [-0.05, 0) is 18.4 Å².